The molecule has 4 nitrogen and oxygen atoms in total. The van der Waals surface area contributed by atoms with Gasteiger partial charge in [-0.05, 0) is 17.5 Å². The molecule has 0 fully saturated rings. The first-order valence-corrected chi connectivity index (χ1v) is 5.67. The molecule has 1 aromatic carbocycles. The molecule has 0 saturated heterocycles. The largest absolute Gasteiger partial charge is 0.469 e. The Morgan fingerprint density at radius 2 is 2.00 bits per heavy atom. The van der Waals surface area contributed by atoms with E-state index in [0.29, 0.717) is 0 Å². The van der Waals surface area contributed by atoms with Crippen LogP contribution in [-0.4, -0.2) is 24.2 Å². The third-order valence-corrected chi connectivity index (χ3v) is 2.77. The minimum atomic E-state index is -0.847. The lowest BCUT2D eigenvalue weighted by molar-refractivity contribution is -0.141. The van der Waals surface area contributed by atoms with E-state index in [0.717, 1.165) is 12.0 Å². The van der Waals surface area contributed by atoms with Crippen molar-refractivity contribution in [3.8, 4) is 0 Å². The zero-order valence-electron chi connectivity index (χ0n) is 10.2. The second-order valence-electron chi connectivity index (χ2n) is 3.98. The van der Waals surface area contributed by atoms with Gasteiger partial charge >= 0.3 is 5.97 Å². The average molecular weight is 237 g/mol. The molecular formula is C13H19NO3. The number of hydrogen-bond acceptors (Lipinski definition) is 4. The Bertz CT molecular complexity index is 361. The molecule has 1 rings (SSSR count). The number of rotatable bonds is 5. The number of aliphatic hydroxyl groups is 1. The fraction of sp³-hybridized carbons (Fsp3) is 0.462. The van der Waals surface area contributed by atoms with E-state index in [2.05, 4.69) is 11.7 Å². The highest BCUT2D eigenvalue weighted by Gasteiger charge is 2.20. The Balaban J connectivity index is 2.67. The van der Waals surface area contributed by atoms with Crippen LogP contribution >= 0.6 is 0 Å². The lowest BCUT2D eigenvalue weighted by atomic mass is 9.99. The molecule has 17 heavy (non-hydrogen) atoms. The third kappa shape index (κ3) is 3.84. The molecule has 4 heteroatoms. The average Bonchev–Trinajstić information content (AvgIpc) is 2.37. The molecule has 2 unspecified atom stereocenters. The lowest BCUT2D eigenvalue weighted by Gasteiger charge is -2.18. The van der Waals surface area contributed by atoms with Crippen molar-refractivity contribution in [2.24, 2.45) is 5.73 Å². The summed E-state index contributed by atoms with van der Waals surface area (Å²) in [6.45, 7) is 2.06. The van der Waals surface area contributed by atoms with Crippen molar-refractivity contribution in [2.45, 2.75) is 31.9 Å². The maximum Gasteiger partial charge on any atom is 0.307 e. The summed E-state index contributed by atoms with van der Waals surface area (Å²) < 4.78 is 4.51. The van der Waals surface area contributed by atoms with Gasteiger partial charge in [-0.1, -0.05) is 31.2 Å². The van der Waals surface area contributed by atoms with Crippen molar-refractivity contribution < 1.29 is 14.6 Å². The van der Waals surface area contributed by atoms with E-state index in [-0.39, 0.29) is 6.42 Å². The number of methoxy groups -OCH3 is 1. The molecule has 0 aliphatic carbocycles. The Hall–Kier alpha value is -1.39. The minimum Gasteiger partial charge on any atom is -0.469 e. The number of hydrogen-bond donors (Lipinski definition) is 2. The maximum absolute atomic E-state index is 11.0. The highest BCUT2D eigenvalue weighted by molar-refractivity contribution is 5.70. The number of nitrogens with two attached hydrogens (primary N) is 1. The van der Waals surface area contributed by atoms with Gasteiger partial charge < -0.3 is 15.6 Å². The summed E-state index contributed by atoms with van der Waals surface area (Å²) in [5.74, 6) is -0.415. The van der Waals surface area contributed by atoms with E-state index in [1.807, 2.05) is 24.3 Å². The monoisotopic (exact) mass is 237 g/mol. The van der Waals surface area contributed by atoms with Crippen molar-refractivity contribution in [2.75, 3.05) is 7.11 Å². The van der Waals surface area contributed by atoms with Crippen molar-refractivity contribution in [3.63, 3.8) is 0 Å². The van der Waals surface area contributed by atoms with Crippen LogP contribution < -0.4 is 5.73 Å². The Morgan fingerprint density at radius 1 is 1.41 bits per heavy atom. The van der Waals surface area contributed by atoms with Crippen LogP contribution in [0.5, 0.6) is 0 Å². The second kappa shape index (κ2) is 6.37. The van der Waals surface area contributed by atoms with Gasteiger partial charge in [0.25, 0.3) is 0 Å². The molecule has 0 bridgehead atoms. The first-order valence-electron chi connectivity index (χ1n) is 5.67. The van der Waals surface area contributed by atoms with Crippen LogP contribution in [-0.2, 0) is 16.0 Å². The number of esters is 1. The van der Waals surface area contributed by atoms with Gasteiger partial charge in [-0.2, -0.15) is 0 Å². The fourth-order valence-electron chi connectivity index (χ4n) is 1.59. The minimum absolute atomic E-state index is 0.00714. The Kier molecular flexibility index (Phi) is 5.12. The van der Waals surface area contributed by atoms with Gasteiger partial charge in [0.1, 0.15) is 0 Å². The van der Waals surface area contributed by atoms with Gasteiger partial charge in [-0.25, -0.2) is 0 Å². The highest BCUT2D eigenvalue weighted by Crippen LogP contribution is 2.18. The summed E-state index contributed by atoms with van der Waals surface area (Å²) in [6, 6.07) is 6.92. The van der Waals surface area contributed by atoms with Crippen LogP contribution in [0.15, 0.2) is 24.3 Å². The van der Waals surface area contributed by atoms with Gasteiger partial charge in [0.15, 0.2) is 0 Å². The van der Waals surface area contributed by atoms with E-state index in [4.69, 9.17) is 5.73 Å². The van der Waals surface area contributed by atoms with Crippen LogP contribution in [0.4, 0.5) is 0 Å². The first-order chi connectivity index (χ1) is 8.08. The maximum atomic E-state index is 11.0. The van der Waals surface area contributed by atoms with E-state index in [1.165, 1.54) is 12.7 Å². The van der Waals surface area contributed by atoms with Gasteiger partial charge in [-0.3, -0.25) is 4.79 Å². The Morgan fingerprint density at radius 3 is 2.47 bits per heavy atom. The summed E-state index contributed by atoms with van der Waals surface area (Å²) in [5, 5.41) is 9.96. The first kappa shape index (κ1) is 13.7. The molecule has 3 N–H and O–H groups in total. The van der Waals surface area contributed by atoms with Crippen LogP contribution in [0.2, 0.25) is 0 Å². The van der Waals surface area contributed by atoms with Crippen molar-refractivity contribution in [1.82, 2.24) is 0 Å². The summed E-state index contributed by atoms with van der Waals surface area (Å²) in [4.78, 5) is 11.0. The van der Waals surface area contributed by atoms with Crippen molar-refractivity contribution in [1.29, 1.82) is 0 Å². The van der Waals surface area contributed by atoms with Crippen LogP contribution in [0.3, 0.4) is 0 Å². The highest BCUT2D eigenvalue weighted by atomic mass is 16.5. The van der Waals surface area contributed by atoms with Crippen molar-refractivity contribution in [3.05, 3.63) is 35.4 Å². The van der Waals surface area contributed by atoms with E-state index in [1.54, 1.807) is 0 Å². The predicted molar refractivity (Wildman–Crippen MR) is 65.4 cm³/mol. The molecule has 0 spiro atoms. The fourth-order valence-corrected chi connectivity index (χ4v) is 1.59. The zero-order chi connectivity index (χ0) is 12.8. The molecule has 0 aromatic heterocycles. The lowest BCUT2D eigenvalue weighted by Crippen LogP contribution is -2.31. The number of aliphatic hydroxyl groups excluding tert-OH is 1. The van der Waals surface area contributed by atoms with Crippen LogP contribution in [0, 0.1) is 0 Å². The SMILES string of the molecule is CCc1ccc(C(O)C(N)CC(=O)OC)cc1. The van der Waals surface area contributed by atoms with Gasteiger partial charge in [0.05, 0.1) is 19.6 Å². The van der Waals surface area contributed by atoms with E-state index >= 15 is 0 Å². The van der Waals surface area contributed by atoms with E-state index < -0.39 is 18.1 Å². The molecular weight excluding hydrogens is 218 g/mol. The summed E-state index contributed by atoms with van der Waals surface area (Å²) in [7, 11) is 1.30. The molecule has 1 aromatic rings. The molecule has 0 aliphatic rings. The number of benzene rings is 1. The predicted octanol–water partition coefficient (Wildman–Crippen LogP) is 1.17. The van der Waals surface area contributed by atoms with Gasteiger partial charge in [0.2, 0.25) is 0 Å². The molecule has 0 saturated carbocycles. The molecule has 0 aliphatic heterocycles. The smallest absolute Gasteiger partial charge is 0.307 e. The molecule has 0 heterocycles. The summed E-state index contributed by atoms with van der Waals surface area (Å²) >= 11 is 0. The van der Waals surface area contributed by atoms with E-state index in [9.17, 15) is 9.90 Å². The van der Waals surface area contributed by atoms with Crippen molar-refractivity contribution >= 4 is 5.97 Å². The Labute approximate surface area is 101 Å². The normalized spacial score (nSPS) is 14.1. The zero-order valence-corrected chi connectivity index (χ0v) is 10.2. The number of aryl methyl sites for hydroxylation is 1. The molecule has 94 valence electrons. The third-order valence-electron chi connectivity index (χ3n) is 2.77. The standard InChI is InChI=1S/C13H19NO3/c1-3-9-4-6-10(7-5-9)13(16)11(14)8-12(15)17-2/h4-7,11,13,16H,3,8,14H2,1-2H3. The van der Waals surface area contributed by atoms with Crippen LogP contribution in [0.1, 0.15) is 30.6 Å². The summed E-state index contributed by atoms with van der Waals surface area (Å²) in [6.07, 6.45) is 0.109. The second-order valence-corrected chi connectivity index (χ2v) is 3.98. The van der Waals surface area contributed by atoms with Crippen LogP contribution in [0.25, 0.3) is 0 Å². The van der Waals surface area contributed by atoms with Gasteiger partial charge in [0, 0.05) is 6.04 Å². The van der Waals surface area contributed by atoms with Gasteiger partial charge in [-0.15, -0.1) is 0 Å². The number of carbonyl (C=O) groups excluding carboxylic acids is 1. The molecule has 0 radical (unpaired) electrons. The topological polar surface area (TPSA) is 72.5 Å². The molecule has 2 atom stereocenters. The summed E-state index contributed by atoms with van der Waals surface area (Å²) in [5.41, 5.74) is 7.66. The molecule has 0 amide bonds. The number of carbonyl (C=O) groups is 1. The quantitative estimate of drug-likeness (QED) is 0.754. The number of ether oxygens (including phenoxy) is 1.